The Morgan fingerprint density at radius 3 is 2.72 bits per heavy atom. The molecule has 3 fully saturated rings. The molecule has 0 aromatic carbocycles. The van der Waals surface area contributed by atoms with Gasteiger partial charge in [-0.1, -0.05) is 39.3 Å². The third-order valence-electron chi connectivity index (χ3n) is 6.04. The fourth-order valence-electron chi connectivity index (χ4n) is 5.07. The zero-order valence-electron chi connectivity index (χ0n) is 11.8. The second-order valence-electron chi connectivity index (χ2n) is 7.48. The van der Waals surface area contributed by atoms with Gasteiger partial charge < -0.3 is 4.74 Å². The predicted molar refractivity (Wildman–Crippen MR) is 70.9 cm³/mol. The molecule has 0 bridgehead atoms. The average molecular weight is 248 g/mol. The second-order valence-corrected chi connectivity index (χ2v) is 7.48. The summed E-state index contributed by atoms with van der Waals surface area (Å²) in [6, 6.07) is 0. The summed E-state index contributed by atoms with van der Waals surface area (Å²) in [5.41, 5.74) is 1.70. The summed E-state index contributed by atoms with van der Waals surface area (Å²) < 4.78 is 5.35. The van der Waals surface area contributed by atoms with Crippen molar-refractivity contribution >= 4 is 5.97 Å². The normalized spacial score (nSPS) is 46.3. The predicted octanol–water partition coefficient (Wildman–Crippen LogP) is 3.57. The van der Waals surface area contributed by atoms with E-state index in [1.807, 2.05) is 0 Å². The van der Waals surface area contributed by atoms with Crippen molar-refractivity contribution in [3.8, 4) is 0 Å². The molecular formula is C16H24O2. The molecule has 1 saturated heterocycles. The quantitative estimate of drug-likeness (QED) is 0.484. The van der Waals surface area contributed by atoms with Crippen LogP contribution in [-0.2, 0) is 9.53 Å². The zero-order chi connectivity index (χ0) is 13.1. The summed E-state index contributed by atoms with van der Waals surface area (Å²) in [6.45, 7) is 11.9. The number of hydrogen-bond acceptors (Lipinski definition) is 2. The summed E-state index contributed by atoms with van der Waals surface area (Å²) >= 11 is 0. The van der Waals surface area contributed by atoms with Gasteiger partial charge in [-0.3, -0.25) is 4.79 Å². The Morgan fingerprint density at radius 2 is 2.00 bits per heavy atom. The van der Waals surface area contributed by atoms with Crippen LogP contribution in [0.3, 0.4) is 0 Å². The zero-order valence-corrected chi connectivity index (χ0v) is 11.8. The van der Waals surface area contributed by atoms with E-state index in [0.29, 0.717) is 17.9 Å². The van der Waals surface area contributed by atoms with Crippen LogP contribution in [0.15, 0.2) is 12.2 Å². The lowest BCUT2D eigenvalue weighted by atomic mass is 9.46. The molecule has 2 nitrogen and oxygen atoms in total. The van der Waals surface area contributed by atoms with E-state index in [1.165, 1.54) is 24.8 Å². The highest BCUT2D eigenvalue weighted by Gasteiger charge is 2.60. The van der Waals surface area contributed by atoms with Gasteiger partial charge in [-0.15, -0.1) is 0 Å². The van der Waals surface area contributed by atoms with Crippen molar-refractivity contribution in [3.63, 3.8) is 0 Å². The molecule has 0 aromatic heterocycles. The lowest BCUT2D eigenvalue weighted by molar-refractivity contribution is -0.151. The van der Waals surface area contributed by atoms with Crippen LogP contribution in [0, 0.1) is 28.6 Å². The molecule has 1 heterocycles. The third kappa shape index (κ3) is 1.44. The molecule has 3 rings (SSSR count). The molecule has 2 heteroatoms. The first-order valence-corrected chi connectivity index (χ1v) is 7.20. The van der Waals surface area contributed by atoms with Crippen molar-refractivity contribution in [2.75, 3.05) is 6.61 Å². The van der Waals surface area contributed by atoms with Crippen molar-refractivity contribution in [2.24, 2.45) is 28.6 Å². The van der Waals surface area contributed by atoms with E-state index in [9.17, 15) is 4.79 Å². The number of carbonyl (C=O) groups excluding carboxylic acids is 1. The van der Waals surface area contributed by atoms with Gasteiger partial charge in [-0.05, 0) is 36.0 Å². The van der Waals surface area contributed by atoms with E-state index >= 15 is 0 Å². The number of hydrogen-bond donors (Lipinski definition) is 0. The Labute approximate surface area is 110 Å². The number of ether oxygens (including phenoxy) is 1. The Morgan fingerprint density at radius 1 is 1.28 bits per heavy atom. The first kappa shape index (κ1) is 12.3. The minimum atomic E-state index is 0.0334. The van der Waals surface area contributed by atoms with Gasteiger partial charge in [0.1, 0.15) is 0 Å². The first-order chi connectivity index (χ1) is 8.36. The molecule has 2 unspecified atom stereocenters. The van der Waals surface area contributed by atoms with Crippen LogP contribution < -0.4 is 0 Å². The summed E-state index contributed by atoms with van der Waals surface area (Å²) in [4.78, 5) is 12.2. The van der Waals surface area contributed by atoms with Gasteiger partial charge in [0.25, 0.3) is 0 Å². The Balaban J connectivity index is 2.05. The molecule has 18 heavy (non-hydrogen) atoms. The third-order valence-corrected chi connectivity index (χ3v) is 6.04. The summed E-state index contributed by atoms with van der Waals surface area (Å²) in [5.74, 6) is 0.972. The highest BCUT2D eigenvalue weighted by atomic mass is 16.5. The summed E-state index contributed by atoms with van der Waals surface area (Å²) in [6.07, 6.45) is 4.77. The molecule has 4 atom stereocenters. The van der Waals surface area contributed by atoms with Crippen molar-refractivity contribution in [3.05, 3.63) is 12.2 Å². The molecule has 2 aliphatic carbocycles. The number of cyclic esters (lactones) is 1. The van der Waals surface area contributed by atoms with Crippen LogP contribution in [0.2, 0.25) is 0 Å². The van der Waals surface area contributed by atoms with Crippen molar-refractivity contribution in [1.29, 1.82) is 0 Å². The lowest BCUT2D eigenvalue weighted by Gasteiger charge is -2.57. The van der Waals surface area contributed by atoms with Crippen LogP contribution in [0.4, 0.5) is 0 Å². The molecule has 0 amide bonds. The maximum atomic E-state index is 12.2. The van der Waals surface area contributed by atoms with Gasteiger partial charge >= 0.3 is 5.97 Å². The van der Waals surface area contributed by atoms with Gasteiger partial charge in [0.05, 0.1) is 12.5 Å². The molecule has 1 aliphatic heterocycles. The van der Waals surface area contributed by atoms with E-state index in [0.717, 1.165) is 6.42 Å². The maximum Gasteiger partial charge on any atom is 0.310 e. The van der Waals surface area contributed by atoms with Gasteiger partial charge in [-0.2, -0.15) is 0 Å². The Hall–Kier alpha value is -0.790. The SMILES string of the molecule is C=C1C[C@H]2C(C)(C)CCC[C@]2(C)C2C(=O)OCC12. The van der Waals surface area contributed by atoms with E-state index in [2.05, 4.69) is 27.4 Å². The van der Waals surface area contributed by atoms with Gasteiger partial charge in [0.2, 0.25) is 0 Å². The van der Waals surface area contributed by atoms with Crippen LogP contribution in [0.25, 0.3) is 0 Å². The fraction of sp³-hybridized carbons (Fsp3) is 0.812. The monoisotopic (exact) mass is 248 g/mol. The molecule has 2 saturated carbocycles. The summed E-state index contributed by atoms with van der Waals surface area (Å²) in [7, 11) is 0. The molecule has 3 aliphatic rings. The molecule has 0 radical (unpaired) electrons. The highest BCUT2D eigenvalue weighted by Crippen LogP contribution is 2.63. The first-order valence-electron chi connectivity index (χ1n) is 7.20. The Bertz CT molecular complexity index is 409. The molecule has 0 spiro atoms. The molecular weight excluding hydrogens is 224 g/mol. The minimum Gasteiger partial charge on any atom is -0.465 e. The fourth-order valence-corrected chi connectivity index (χ4v) is 5.07. The smallest absolute Gasteiger partial charge is 0.310 e. The van der Waals surface area contributed by atoms with Crippen molar-refractivity contribution < 1.29 is 9.53 Å². The van der Waals surface area contributed by atoms with Gasteiger partial charge in [0.15, 0.2) is 0 Å². The Kier molecular flexibility index (Phi) is 2.46. The van der Waals surface area contributed by atoms with Crippen molar-refractivity contribution in [2.45, 2.75) is 46.5 Å². The number of fused-ring (bicyclic) bond motifs is 3. The largest absolute Gasteiger partial charge is 0.465 e. The molecule has 100 valence electrons. The van der Waals surface area contributed by atoms with E-state index < -0.39 is 0 Å². The van der Waals surface area contributed by atoms with E-state index in [-0.39, 0.29) is 23.2 Å². The van der Waals surface area contributed by atoms with Crippen LogP contribution in [0.1, 0.15) is 46.5 Å². The van der Waals surface area contributed by atoms with E-state index in [4.69, 9.17) is 4.74 Å². The average Bonchev–Trinajstić information content (AvgIpc) is 2.66. The maximum absolute atomic E-state index is 12.2. The van der Waals surface area contributed by atoms with Crippen LogP contribution in [0.5, 0.6) is 0 Å². The van der Waals surface area contributed by atoms with Crippen molar-refractivity contribution in [1.82, 2.24) is 0 Å². The highest BCUT2D eigenvalue weighted by molar-refractivity contribution is 5.77. The topological polar surface area (TPSA) is 26.3 Å². The van der Waals surface area contributed by atoms with E-state index in [1.54, 1.807) is 0 Å². The number of rotatable bonds is 0. The van der Waals surface area contributed by atoms with Gasteiger partial charge in [-0.25, -0.2) is 0 Å². The standard InChI is InChI=1S/C16H24O2/c1-10-8-12-15(2,3)6-5-7-16(12,4)13-11(10)9-18-14(13)17/h11-13H,1,5-9H2,2-4H3/t11?,12-,13?,16-/m0/s1. The van der Waals surface area contributed by atoms with Crippen LogP contribution in [-0.4, -0.2) is 12.6 Å². The summed E-state index contributed by atoms with van der Waals surface area (Å²) in [5, 5.41) is 0. The van der Waals surface area contributed by atoms with Gasteiger partial charge in [0, 0.05) is 5.92 Å². The molecule has 0 N–H and O–H groups in total. The number of carbonyl (C=O) groups is 1. The minimum absolute atomic E-state index is 0.0334. The molecule has 0 aromatic rings. The second kappa shape index (κ2) is 3.61. The lowest BCUT2D eigenvalue weighted by Crippen LogP contribution is -2.52. The van der Waals surface area contributed by atoms with Crippen LogP contribution >= 0.6 is 0 Å². The number of esters is 1.